The summed E-state index contributed by atoms with van der Waals surface area (Å²) >= 11 is 0. The molecule has 18 heavy (non-hydrogen) atoms. The quantitative estimate of drug-likeness (QED) is 0.746. The third-order valence-corrected chi connectivity index (χ3v) is 2.77. The lowest BCUT2D eigenvalue weighted by Crippen LogP contribution is -1.89. The Morgan fingerprint density at radius 3 is 2.83 bits per heavy atom. The van der Waals surface area contributed by atoms with Gasteiger partial charge in [0.2, 0.25) is 0 Å². The highest BCUT2D eigenvalue weighted by Gasteiger charge is 2.20. The van der Waals surface area contributed by atoms with E-state index in [9.17, 15) is 0 Å². The van der Waals surface area contributed by atoms with Crippen LogP contribution in [-0.4, -0.2) is 10.1 Å². The third-order valence-electron chi connectivity index (χ3n) is 2.77. The van der Waals surface area contributed by atoms with Crippen molar-refractivity contribution in [1.82, 2.24) is 10.1 Å². The summed E-state index contributed by atoms with van der Waals surface area (Å²) in [5.74, 6) is 1.71. The maximum Gasteiger partial charge on any atom is 0.180 e. The SMILES string of the molecule is Cc1occc1-c1onc(N)c1-c1cccnc1. The van der Waals surface area contributed by atoms with E-state index in [1.165, 1.54) is 0 Å². The molecule has 2 N–H and O–H groups in total. The molecule has 0 aromatic carbocycles. The Kier molecular flexibility index (Phi) is 2.37. The molecule has 0 spiro atoms. The highest BCUT2D eigenvalue weighted by molar-refractivity contribution is 5.86. The number of aryl methyl sites for hydroxylation is 1. The zero-order valence-corrected chi connectivity index (χ0v) is 9.75. The van der Waals surface area contributed by atoms with Gasteiger partial charge in [-0.15, -0.1) is 0 Å². The van der Waals surface area contributed by atoms with Crippen LogP contribution in [0.25, 0.3) is 22.5 Å². The van der Waals surface area contributed by atoms with Crippen molar-refractivity contribution in [3.05, 3.63) is 42.6 Å². The first-order valence-electron chi connectivity index (χ1n) is 5.47. The molecule has 0 unspecified atom stereocenters. The minimum atomic E-state index is 0.346. The molecular weight excluding hydrogens is 230 g/mol. The van der Waals surface area contributed by atoms with Crippen LogP contribution in [0.15, 0.2) is 45.8 Å². The average Bonchev–Trinajstić information content (AvgIpc) is 2.96. The Balaban J connectivity index is 2.22. The number of nitrogens with zero attached hydrogens (tertiary/aromatic N) is 2. The Labute approximate surface area is 103 Å². The number of pyridine rings is 1. The Bertz CT molecular complexity index is 671. The predicted molar refractivity (Wildman–Crippen MR) is 66.6 cm³/mol. The number of hydrogen-bond donors (Lipinski definition) is 1. The summed E-state index contributed by atoms with van der Waals surface area (Å²) in [6.07, 6.45) is 5.04. The normalized spacial score (nSPS) is 10.7. The van der Waals surface area contributed by atoms with Crippen molar-refractivity contribution in [2.45, 2.75) is 6.92 Å². The highest BCUT2D eigenvalue weighted by Crippen LogP contribution is 2.37. The molecule has 0 radical (unpaired) electrons. The third kappa shape index (κ3) is 1.57. The van der Waals surface area contributed by atoms with E-state index in [0.717, 1.165) is 22.5 Å². The number of nitrogens with two attached hydrogens (primary N) is 1. The van der Waals surface area contributed by atoms with E-state index in [1.54, 1.807) is 18.7 Å². The van der Waals surface area contributed by atoms with Crippen LogP contribution in [-0.2, 0) is 0 Å². The first-order chi connectivity index (χ1) is 8.77. The van der Waals surface area contributed by atoms with Crippen molar-refractivity contribution in [3.63, 3.8) is 0 Å². The molecule has 0 bridgehead atoms. The second kappa shape index (κ2) is 4.03. The van der Waals surface area contributed by atoms with Crippen molar-refractivity contribution >= 4 is 5.82 Å². The van der Waals surface area contributed by atoms with Gasteiger partial charge in [-0.2, -0.15) is 0 Å². The second-order valence-corrected chi connectivity index (χ2v) is 3.90. The molecule has 3 aromatic heterocycles. The minimum Gasteiger partial charge on any atom is -0.469 e. The molecule has 5 heteroatoms. The molecule has 3 aromatic rings. The van der Waals surface area contributed by atoms with Gasteiger partial charge in [0.1, 0.15) is 5.76 Å². The fourth-order valence-corrected chi connectivity index (χ4v) is 1.90. The van der Waals surface area contributed by atoms with E-state index in [4.69, 9.17) is 14.7 Å². The topological polar surface area (TPSA) is 78.1 Å². The van der Waals surface area contributed by atoms with Gasteiger partial charge in [0.15, 0.2) is 11.6 Å². The first-order valence-corrected chi connectivity index (χ1v) is 5.47. The largest absolute Gasteiger partial charge is 0.469 e. The summed E-state index contributed by atoms with van der Waals surface area (Å²) in [7, 11) is 0. The molecule has 0 saturated heterocycles. The summed E-state index contributed by atoms with van der Waals surface area (Å²) in [6.45, 7) is 1.86. The van der Waals surface area contributed by atoms with Gasteiger partial charge in [-0.05, 0) is 19.1 Å². The van der Waals surface area contributed by atoms with Gasteiger partial charge in [-0.25, -0.2) is 0 Å². The van der Waals surface area contributed by atoms with Gasteiger partial charge in [0.25, 0.3) is 0 Å². The summed E-state index contributed by atoms with van der Waals surface area (Å²) in [5.41, 5.74) is 8.32. The lowest BCUT2D eigenvalue weighted by atomic mass is 10.0. The molecule has 0 atom stereocenters. The molecule has 0 amide bonds. The van der Waals surface area contributed by atoms with E-state index in [1.807, 2.05) is 25.1 Å². The van der Waals surface area contributed by atoms with Gasteiger partial charge in [-0.3, -0.25) is 4.98 Å². The van der Waals surface area contributed by atoms with Crippen LogP contribution >= 0.6 is 0 Å². The molecule has 3 rings (SSSR count). The first kappa shape index (κ1) is 10.6. The van der Waals surface area contributed by atoms with Crippen molar-refractivity contribution in [3.8, 4) is 22.5 Å². The molecule has 90 valence electrons. The van der Waals surface area contributed by atoms with E-state index >= 15 is 0 Å². The molecule has 3 heterocycles. The van der Waals surface area contributed by atoms with E-state index in [-0.39, 0.29) is 0 Å². The lowest BCUT2D eigenvalue weighted by molar-refractivity contribution is 0.434. The summed E-state index contributed by atoms with van der Waals surface area (Å²) < 4.78 is 10.6. The van der Waals surface area contributed by atoms with Crippen molar-refractivity contribution in [1.29, 1.82) is 0 Å². The Morgan fingerprint density at radius 1 is 1.28 bits per heavy atom. The van der Waals surface area contributed by atoms with E-state index in [0.29, 0.717) is 11.6 Å². The molecule has 5 nitrogen and oxygen atoms in total. The molecule has 0 aliphatic rings. The fourth-order valence-electron chi connectivity index (χ4n) is 1.90. The Morgan fingerprint density at radius 2 is 2.17 bits per heavy atom. The zero-order valence-electron chi connectivity index (χ0n) is 9.75. The van der Waals surface area contributed by atoms with Crippen LogP contribution < -0.4 is 5.73 Å². The number of aromatic nitrogens is 2. The summed E-state index contributed by atoms with van der Waals surface area (Å²) in [4.78, 5) is 4.08. The molecular formula is C13H11N3O2. The molecule has 0 fully saturated rings. The standard InChI is InChI=1S/C13H11N3O2/c1-8-10(4-6-17-8)12-11(13(14)16-18-12)9-3-2-5-15-7-9/h2-7H,1H3,(H2,14,16). The maximum atomic E-state index is 5.87. The predicted octanol–water partition coefficient (Wildman–Crippen LogP) is 2.89. The second-order valence-electron chi connectivity index (χ2n) is 3.90. The van der Waals surface area contributed by atoms with Gasteiger partial charge < -0.3 is 14.7 Å². The number of anilines is 1. The van der Waals surface area contributed by atoms with Crippen LogP contribution in [0.4, 0.5) is 5.82 Å². The van der Waals surface area contributed by atoms with Crippen LogP contribution in [0, 0.1) is 6.92 Å². The van der Waals surface area contributed by atoms with Crippen molar-refractivity contribution in [2.24, 2.45) is 0 Å². The fraction of sp³-hybridized carbons (Fsp3) is 0.0769. The van der Waals surface area contributed by atoms with Gasteiger partial charge in [-0.1, -0.05) is 11.2 Å². The lowest BCUT2D eigenvalue weighted by Gasteiger charge is -2.00. The van der Waals surface area contributed by atoms with E-state index in [2.05, 4.69) is 10.1 Å². The number of hydrogen-bond acceptors (Lipinski definition) is 5. The van der Waals surface area contributed by atoms with E-state index < -0.39 is 0 Å². The monoisotopic (exact) mass is 241 g/mol. The number of furan rings is 1. The molecule has 0 saturated carbocycles. The van der Waals surface area contributed by atoms with Crippen LogP contribution in [0.3, 0.4) is 0 Å². The molecule has 0 aliphatic heterocycles. The van der Waals surface area contributed by atoms with Crippen molar-refractivity contribution < 1.29 is 8.94 Å². The van der Waals surface area contributed by atoms with Crippen LogP contribution in [0.2, 0.25) is 0 Å². The zero-order chi connectivity index (χ0) is 12.5. The average molecular weight is 241 g/mol. The summed E-state index contributed by atoms with van der Waals surface area (Å²) in [5, 5.41) is 3.82. The smallest absolute Gasteiger partial charge is 0.180 e. The van der Waals surface area contributed by atoms with Crippen molar-refractivity contribution in [2.75, 3.05) is 5.73 Å². The number of rotatable bonds is 2. The van der Waals surface area contributed by atoms with Gasteiger partial charge in [0, 0.05) is 18.0 Å². The minimum absolute atomic E-state index is 0.346. The maximum absolute atomic E-state index is 5.87. The molecule has 0 aliphatic carbocycles. The van der Waals surface area contributed by atoms with Crippen LogP contribution in [0.1, 0.15) is 5.76 Å². The highest BCUT2D eigenvalue weighted by atomic mass is 16.5. The van der Waals surface area contributed by atoms with Gasteiger partial charge in [0.05, 0.1) is 17.4 Å². The van der Waals surface area contributed by atoms with Crippen LogP contribution in [0.5, 0.6) is 0 Å². The summed E-state index contributed by atoms with van der Waals surface area (Å²) in [6, 6.07) is 5.58. The Hall–Kier alpha value is -2.56. The van der Waals surface area contributed by atoms with Gasteiger partial charge >= 0.3 is 0 Å². The number of nitrogen functional groups attached to an aromatic ring is 1.